The van der Waals surface area contributed by atoms with Gasteiger partial charge in [0, 0.05) is 25.7 Å². The van der Waals surface area contributed by atoms with E-state index in [0.29, 0.717) is 25.6 Å². The molecule has 160 valence electrons. The molecule has 2 N–H and O–H groups in total. The molecule has 0 atom stereocenters. The first-order chi connectivity index (χ1) is 12.8. The van der Waals surface area contributed by atoms with Gasteiger partial charge in [0.1, 0.15) is 12.1 Å². The minimum absolute atomic E-state index is 0.0175. The van der Waals surface area contributed by atoms with Crippen LogP contribution in [0.25, 0.3) is 0 Å². The van der Waals surface area contributed by atoms with E-state index in [1.54, 1.807) is 31.7 Å². The maximum atomic E-state index is 12.2. The van der Waals surface area contributed by atoms with Crippen LogP contribution >= 0.6 is 0 Å². The number of likely N-dealkylation sites (tertiary alicyclic amines) is 1. The third-order valence-electron chi connectivity index (χ3n) is 4.85. The smallest absolute Gasteiger partial charge is 0.408 e. The SMILES string of the molecule is C/C(=C\C(=O)NCC1CCN(C(=O)CNC(=O)OC(C)(C)C)CC1)C(C)(C)C. The third-order valence-corrected chi connectivity index (χ3v) is 4.85. The zero-order valence-corrected chi connectivity index (χ0v) is 18.5. The van der Waals surface area contributed by atoms with E-state index in [9.17, 15) is 14.4 Å². The maximum Gasteiger partial charge on any atom is 0.408 e. The van der Waals surface area contributed by atoms with Crippen molar-refractivity contribution in [2.24, 2.45) is 11.3 Å². The summed E-state index contributed by atoms with van der Waals surface area (Å²) in [6.07, 6.45) is 2.75. The Labute approximate surface area is 169 Å². The van der Waals surface area contributed by atoms with Gasteiger partial charge < -0.3 is 20.3 Å². The second kappa shape index (κ2) is 9.94. The number of alkyl carbamates (subject to hydrolysis) is 1. The zero-order chi connectivity index (χ0) is 21.5. The summed E-state index contributed by atoms with van der Waals surface area (Å²) in [6, 6.07) is 0. The van der Waals surface area contributed by atoms with Crippen molar-refractivity contribution >= 4 is 17.9 Å². The first kappa shape index (κ1) is 24.0. The van der Waals surface area contributed by atoms with E-state index in [4.69, 9.17) is 4.74 Å². The summed E-state index contributed by atoms with van der Waals surface area (Å²) in [4.78, 5) is 37.7. The quantitative estimate of drug-likeness (QED) is 0.701. The zero-order valence-electron chi connectivity index (χ0n) is 18.5. The summed E-state index contributed by atoms with van der Waals surface area (Å²) < 4.78 is 5.13. The number of carbonyl (C=O) groups excluding carboxylic acids is 3. The van der Waals surface area contributed by atoms with E-state index >= 15 is 0 Å². The van der Waals surface area contributed by atoms with Crippen LogP contribution in [-0.2, 0) is 14.3 Å². The van der Waals surface area contributed by atoms with Crippen LogP contribution in [0.3, 0.4) is 0 Å². The third kappa shape index (κ3) is 9.24. The summed E-state index contributed by atoms with van der Waals surface area (Å²) in [6.45, 7) is 15.4. The monoisotopic (exact) mass is 395 g/mol. The van der Waals surface area contributed by atoms with Crippen molar-refractivity contribution in [2.45, 2.75) is 66.9 Å². The van der Waals surface area contributed by atoms with Crippen LogP contribution in [0.15, 0.2) is 11.6 Å². The fourth-order valence-electron chi connectivity index (χ4n) is 2.67. The first-order valence-electron chi connectivity index (χ1n) is 9.99. The van der Waals surface area contributed by atoms with Gasteiger partial charge in [-0.25, -0.2) is 4.79 Å². The van der Waals surface area contributed by atoms with Crippen LogP contribution in [-0.4, -0.2) is 54.6 Å². The predicted molar refractivity (Wildman–Crippen MR) is 110 cm³/mol. The lowest BCUT2D eigenvalue weighted by molar-refractivity contribution is -0.131. The maximum absolute atomic E-state index is 12.2. The average Bonchev–Trinajstić information content (AvgIpc) is 2.56. The van der Waals surface area contributed by atoms with Gasteiger partial charge in [-0.15, -0.1) is 0 Å². The second-order valence-electron chi connectivity index (χ2n) is 9.50. The molecule has 1 heterocycles. The van der Waals surface area contributed by atoms with E-state index in [2.05, 4.69) is 31.4 Å². The Morgan fingerprint density at radius 2 is 1.61 bits per heavy atom. The van der Waals surface area contributed by atoms with Crippen LogP contribution in [0, 0.1) is 11.3 Å². The minimum atomic E-state index is -0.587. The van der Waals surface area contributed by atoms with Crippen molar-refractivity contribution in [3.05, 3.63) is 11.6 Å². The molecule has 1 aliphatic heterocycles. The van der Waals surface area contributed by atoms with E-state index in [1.807, 2.05) is 6.92 Å². The fourth-order valence-corrected chi connectivity index (χ4v) is 2.67. The van der Waals surface area contributed by atoms with Crippen LogP contribution < -0.4 is 10.6 Å². The standard InChI is InChI=1S/C21H37N3O4/c1-15(20(2,3)4)12-17(25)22-13-16-8-10-24(11-9-16)18(26)14-23-19(27)28-21(5,6)7/h12,16H,8-11,13-14H2,1-7H3,(H,22,25)(H,23,27)/b15-12+. The van der Waals surface area contributed by atoms with Gasteiger partial charge in [-0.3, -0.25) is 9.59 Å². The highest BCUT2D eigenvalue weighted by atomic mass is 16.6. The molecule has 1 saturated heterocycles. The molecular weight excluding hydrogens is 358 g/mol. The molecule has 0 spiro atoms. The van der Waals surface area contributed by atoms with Crippen LogP contribution in [0.1, 0.15) is 61.3 Å². The van der Waals surface area contributed by atoms with Gasteiger partial charge in [0.2, 0.25) is 11.8 Å². The number of nitrogens with one attached hydrogen (secondary N) is 2. The largest absolute Gasteiger partial charge is 0.444 e. The highest BCUT2D eigenvalue weighted by Gasteiger charge is 2.24. The first-order valence-corrected chi connectivity index (χ1v) is 9.99. The molecule has 0 aromatic heterocycles. The number of hydrogen-bond acceptors (Lipinski definition) is 4. The Balaban J connectivity index is 2.32. The summed E-state index contributed by atoms with van der Waals surface area (Å²) in [5.74, 6) is 0.180. The number of hydrogen-bond donors (Lipinski definition) is 2. The Kier molecular flexibility index (Phi) is 8.51. The Morgan fingerprint density at radius 1 is 1.04 bits per heavy atom. The van der Waals surface area contributed by atoms with Crippen LogP contribution in [0.4, 0.5) is 4.79 Å². The van der Waals surface area contributed by atoms with Crippen molar-refractivity contribution in [3.8, 4) is 0 Å². The Morgan fingerprint density at radius 3 is 2.11 bits per heavy atom. The van der Waals surface area contributed by atoms with Gasteiger partial charge in [-0.1, -0.05) is 26.3 Å². The Hall–Kier alpha value is -2.05. The van der Waals surface area contributed by atoms with Gasteiger partial charge in [0.05, 0.1) is 0 Å². The summed E-state index contributed by atoms with van der Waals surface area (Å²) in [5, 5.41) is 5.47. The van der Waals surface area contributed by atoms with Crippen LogP contribution in [0.5, 0.6) is 0 Å². The molecule has 0 bridgehead atoms. The number of amides is 3. The van der Waals surface area contributed by atoms with Gasteiger partial charge in [0.15, 0.2) is 0 Å². The molecule has 7 nitrogen and oxygen atoms in total. The normalized spacial score (nSPS) is 16.5. The molecule has 0 radical (unpaired) electrons. The number of rotatable bonds is 5. The summed E-state index contributed by atoms with van der Waals surface area (Å²) in [5.41, 5.74) is 0.440. The van der Waals surface area contributed by atoms with Gasteiger partial charge in [0.25, 0.3) is 0 Å². The highest BCUT2D eigenvalue weighted by Crippen LogP contribution is 2.24. The lowest BCUT2D eigenvalue weighted by Crippen LogP contribution is -2.46. The summed E-state index contributed by atoms with van der Waals surface area (Å²) >= 11 is 0. The molecule has 3 amide bonds. The second-order valence-corrected chi connectivity index (χ2v) is 9.50. The number of carbonyl (C=O) groups is 3. The number of nitrogens with zero attached hydrogens (tertiary/aromatic N) is 1. The molecule has 0 unspecified atom stereocenters. The minimum Gasteiger partial charge on any atom is -0.444 e. The van der Waals surface area contributed by atoms with E-state index in [0.717, 1.165) is 18.4 Å². The number of ether oxygens (including phenoxy) is 1. The van der Waals surface area contributed by atoms with E-state index in [-0.39, 0.29) is 23.8 Å². The molecule has 1 aliphatic rings. The summed E-state index contributed by atoms with van der Waals surface area (Å²) in [7, 11) is 0. The molecule has 0 aromatic rings. The molecule has 0 aromatic carbocycles. The van der Waals surface area contributed by atoms with Gasteiger partial charge >= 0.3 is 6.09 Å². The Bertz CT molecular complexity index is 592. The molecule has 1 rings (SSSR count). The van der Waals surface area contributed by atoms with Crippen molar-refractivity contribution in [1.29, 1.82) is 0 Å². The van der Waals surface area contributed by atoms with E-state index in [1.165, 1.54) is 0 Å². The van der Waals surface area contributed by atoms with Crippen molar-refractivity contribution in [3.63, 3.8) is 0 Å². The number of allylic oxidation sites excluding steroid dienone is 1. The molecular formula is C21H37N3O4. The number of piperidine rings is 1. The molecule has 1 fully saturated rings. The topological polar surface area (TPSA) is 87.7 Å². The molecule has 7 heteroatoms. The van der Waals surface area contributed by atoms with Crippen molar-refractivity contribution in [2.75, 3.05) is 26.2 Å². The van der Waals surface area contributed by atoms with Crippen LogP contribution in [0.2, 0.25) is 0 Å². The average molecular weight is 396 g/mol. The fraction of sp³-hybridized carbons (Fsp3) is 0.762. The van der Waals surface area contributed by atoms with Gasteiger partial charge in [-0.05, 0) is 51.9 Å². The predicted octanol–water partition coefficient (Wildman–Crippen LogP) is 2.86. The van der Waals surface area contributed by atoms with E-state index < -0.39 is 11.7 Å². The highest BCUT2D eigenvalue weighted by molar-refractivity contribution is 5.88. The molecule has 0 saturated carbocycles. The lowest BCUT2D eigenvalue weighted by atomic mass is 9.87. The lowest BCUT2D eigenvalue weighted by Gasteiger charge is -2.32. The van der Waals surface area contributed by atoms with Crippen molar-refractivity contribution < 1.29 is 19.1 Å². The van der Waals surface area contributed by atoms with Crippen molar-refractivity contribution in [1.82, 2.24) is 15.5 Å². The molecule has 0 aliphatic carbocycles. The van der Waals surface area contributed by atoms with Gasteiger partial charge in [-0.2, -0.15) is 0 Å². The molecule has 28 heavy (non-hydrogen) atoms.